The largest absolute Gasteiger partial charge is 0.465 e. The molecular weight excluding hydrogens is 252 g/mol. The molecule has 0 aliphatic carbocycles. The zero-order chi connectivity index (χ0) is 14.1. The average molecular weight is 266 g/mol. The number of nitrogens with zero attached hydrogens (tertiary/aromatic N) is 1. The summed E-state index contributed by atoms with van der Waals surface area (Å²) < 4.78 is 4.68. The summed E-state index contributed by atoms with van der Waals surface area (Å²) in [5.41, 5.74) is 4.59. The second kappa shape index (κ2) is 4.81. The summed E-state index contributed by atoms with van der Waals surface area (Å²) in [6, 6.07) is 13.2. The molecule has 1 aromatic heterocycles. The molecule has 0 unspecified atom stereocenters. The topological polar surface area (TPSA) is 55.0 Å². The Labute approximate surface area is 116 Å². The minimum Gasteiger partial charge on any atom is -0.465 e. The Balaban J connectivity index is 2.02. The van der Waals surface area contributed by atoms with E-state index in [2.05, 4.69) is 14.7 Å². The molecule has 0 amide bonds. The summed E-state index contributed by atoms with van der Waals surface area (Å²) in [5, 5.41) is 0. The Bertz CT molecular complexity index is 773. The highest BCUT2D eigenvalue weighted by atomic mass is 16.5. The zero-order valence-electron chi connectivity index (χ0n) is 11.3. The number of esters is 1. The first-order valence-corrected chi connectivity index (χ1v) is 6.33. The van der Waals surface area contributed by atoms with Gasteiger partial charge in [-0.1, -0.05) is 24.3 Å². The van der Waals surface area contributed by atoms with Gasteiger partial charge in [-0.2, -0.15) is 0 Å². The maximum absolute atomic E-state index is 11.4. The maximum atomic E-state index is 11.4. The van der Waals surface area contributed by atoms with E-state index in [4.69, 9.17) is 0 Å². The molecule has 0 aliphatic rings. The third-order valence-corrected chi connectivity index (χ3v) is 3.29. The summed E-state index contributed by atoms with van der Waals surface area (Å²) in [5.74, 6) is 0.461. The number of imidazole rings is 1. The van der Waals surface area contributed by atoms with Gasteiger partial charge < -0.3 is 9.72 Å². The van der Waals surface area contributed by atoms with Crippen LogP contribution in [0.5, 0.6) is 0 Å². The Morgan fingerprint density at radius 1 is 1.15 bits per heavy atom. The summed E-state index contributed by atoms with van der Waals surface area (Å²) in [7, 11) is 1.37. The van der Waals surface area contributed by atoms with Crippen LogP contribution in [-0.4, -0.2) is 23.0 Å². The minimum absolute atomic E-state index is 0.336. The van der Waals surface area contributed by atoms with Crippen LogP contribution in [0.2, 0.25) is 0 Å². The molecule has 0 spiro atoms. The van der Waals surface area contributed by atoms with Crippen LogP contribution in [-0.2, 0) is 4.74 Å². The van der Waals surface area contributed by atoms with Crippen molar-refractivity contribution in [1.82, 2.24) is 9.97 Å². The lowest BCUT2D eigenvalue weighted by atomic mass is 10.1. The molecule has 1 heterocycles. The van der Waals surface area contributed by atoms with Crippen LogP contribution in [0.15, 0.2) is 42.5 Å². The highest BCUT2D eigenvalue weighted by Gasteiger charge is 2.09. The maximum Gasteiger partial charge on any atom is 0.337 e. The van der Waals surface area contributed by atoms with E-state index in [9.17, 15) is 4.79 Å². The van der Waals surface area contributed by atoms with Crippen molar-refractivity contribution < 1.29 is 9.53 Å². The Hall–Kier alpha value is -2.62. The Kier molecular flexibility index (Phi) is 2.99. The number of carbonyl (C=O) groups excluding carboxylic acids is 1. The monoisotopic (exact) mass is 266 g/mol. The fraction of sp³-hybridized carbons (Fsp3) is 0.125. The molecule has 20 heavy (non-hydrogen) atoms. The summed E-state index contributed by atoms with van der Waals surface area (Å²) in [6.07, 6.45) is 0. The fourth-order valence-electron chi connectivity index (χ4n) is 2.19. The molecule has 4 nitrogen and oxygen atoms in total. The smallest absolute Gasteiger partial charge is 0.337 e. The van der Waals surface area contributed by atoms with Crippen LogP contribution in [0, 0.1) is 6.92 Å². The van der Waals surface area contributed by atoms with Gasteiger partial charge in [0.25, 0.3) is 0 Å². The van der Waals surface area contributed by atoms with E-state index in [1.165, 1.54) is 7.11 Å². The number of H-pyrrole nitrogens is 1. The predicted molar refractivity (Wildman–Crippen MR) is 77.6 cm³/mol. The van der Waals surface area contributed by atoms with E-state index in [-0.39, 0.29) is 5.97 Å². The number of benzene rings is 2. The molecule has 0 aliphatic heterocycles. The standard InChI is InChI=1S/C16H14N2O2/c1-10-4-3-5-13-14(10)18-15(17-13)11-6-8-12(9-7-11)16(19)20-2/h3-9H,1-2H3,(H,17,18). The Morgan fingerprint density at radius 3 is 2.55 bits per heavy atom. The van der Waals surface area contributed by atoms with Crippen molar-refractivity contribution in [2.45, 2.75) is 6.92 Å². The van der Waals surface area contributed by atoms with E-state index >= 15 is 0 Å². The van der Waals surface area contributed by atoms with Gasteiger partial charge in [-0.25, -0.2) is 9.78 Å². The molecule has 100 valence electrons. The molecule has 3 aromatic rings. The number of methoxy groups -OCH3 is 1. The average Bonchev–Trinajstić information content (AvgIpc) is 2.92. The summed E-state index contributed by atoms with van der Waals surface area (Å²) >= 11 is 0. The number of fused-ring (bicyclic) bond motifs is 1. The van der Waals surface area contributed by atoms with E-state index in [0.717, 1.165) is 28.0 Å². The molecule has 2 aromatic carbocycles. The summed E-state index contributed by atoms with van der Waals surface area (Å²) in [4.78, 5) is 19.3. The van der Waals surface area contributed by atoms with Crippen molar-refractivity contribution in [3.63, 3.8) is 0 Å². The van der Waals surface area contributed by atoms with Gasteiger partial charge in [0.15, 0.2) is 0 Å². The van der Waals surface area contributed by atoms with Crippen LogP contribution in [0.25, 0.3) is 22.4 Å². The van der Waals surface area contributed by atoms with Crippen LogP contribution in [0.4, 0.5) is 0 Å². The molecule has 0 atom stereocenters. The molecule has 1 N–H and O–H groups in total. The van der Waals surface area contributed by atoms with Gasteiger partial charge in [-0.15, -0.1) is 0 Å². The highest BCUT2D eigenvalue weighted by molar-refractivity contribution is 5.90. The van der Waals surface area contributed by atoms with E-state index < -0.39 is 0 Å². The quantitative estimate of drug-likeness (QED) is 0.724. The Morgan fingerprint density at radius 2 is 1.90 bits per heavy atom. The van der Waals surface area contributed by atoms with Crippen LogP contribution >= 0.6 is 0 Å². The van der Waals surface area contributed by atoms with Crippen molar-refractivity contribution in [3.05, 3.63) is 53.6 Å². The lowest BCUT2D eigenvalue weighted by Gasteiger charge is -2.00. The SMILES string of the molecule is COC(=O)c1ccc(-c2nc3c(C)cccc3[nH]2)cc1. The van der Waals surface area contributed by atoms with Crippen molar-refractivity contribution in [2.24, 2.45) is 0 Å². The number of aryl methyl sites for hydroxylation is 1. The number of para-hydroxylation sites is 1. The lowest BCUT2D eigenvalue weighted by molar-refractivity contribution is 0.0601. The van der Waals surface area contributed by atoms with Gasteiger partial charge in [-0.05, 0) is 30.7 Å². The number of hydrogen-bond donors (Lipinski definition) is 1. The van der Waals surface area contributed by atoms with Crippen LogP contribution in [0.1, 0.15) is 15.9 Å². The van der Waals surface area contributed by atoms with Gasteiger partial charge in [0.2, 0.25) is 0 Å². The van der Waals surface area contributed by atoms with Crippen molar-refractivity contribution in [3.8, 4) is 11.4 Å². The van der Waals surface area contributed by atoms with Crippen molar-refractivity contribution in [1.29, 1.82) is 0 Å². The van der Waals surface area contributed by atoms with Crippen LogP contribution in [0.3, 0.4) is 0 Å². The molecule has 4 heteroatoms. The first kappa shape index (κ1) is 12.4. The number of carbonyl (C=O) groups is 1. The lowest BCUT2D eigenvalue weighted by Crippen LogP contribution is -2.00. The van der Waals surface area contributed by atoms with Gasteiger partial charge >= 0.3 is 5.97 Å². The number of ether oxygens (including phenoxy) is 1. The normalized spacial score (nSPS) is 10.7. The second-order valence-corrected chi connectivity index (χ2v) is 4.63. The molecule has 0 fully saturated rings. The molecular formula is C16H14N2O2. The van der Waals surface area contributed by atoms with E-state index in [1.54, 1.807) is 12.1 Å². The van der Waals surface area contributed by atoms with Crippen molar-refractivity contribution in [2.75, 3.05) is 7.11 Å². The van der Waals surface area contributed by atoms with Gasteiger partial charge in [-0.3, -0.25) is 0 Å². The molecule has 0 saturated heterocycles. The first-order valence-electron chi connectivity index (χ1n) is 6.33. The second-order valence-electron chi connectivity index (χ2n) is 4.63. The molecule has 3 rings (SSSR count). The highest BCUT2D eigenvalue weighted by Crippen LogP contribution is 2.22. The third kappa shape index (κ3) is 2.05. The zero-order valence-corrected chi connectivity index (χ0v) is 11.3. The molecule has 0 radical (unpaired) electrons. The van der Waals surface area contributed by atoms with E-state index in [1.807, 2.05) is 37.3 Å². The number of aromatic nitrogens is 2. The van der Waals surface area contributed by atoms with Crippen LogP contribution < -0.4 is 0 Å². The third-order valence-electron chi connectivity index (χ3n) is 3.29. The van der Waals surface area contributed by atoms with Gasteiger partial charge in [0, 0.05) is 5.56 Å². The molecule has 0 saturated carbocycles. The minimum atomic E-state index is -0.336. The van der Waals surface area contributed by atoms with Gasteiger partial charge in [0.1, 0.15) is 5.82 Å². The molecule has 0 bridgehead atoms. The first-order chi connectivity index (χ1) is 9.69. The van der Waals surface area contributed by atoms with Crippen molar-refractivity contribution >= 4 is 17.0 Å². The van der Waals surface area contributed by atoms with E-state index in [0.29, 0.717) is 5.56 Å². The summed E-state index contributed by atoms with van der Waals surface area (Å²) in [6.45, 7) is 2.04. The number of aromatic amines is 1. The predicted octanol–water partition coefficient (Wildman–Crippen LogP) is 3.32. The number of hydrogen-bond acceptors (Lipinski definition) is 3. The fourth-order valence-corrected chi connectivity index (χ4v) is 2.19. The number of nitrogens with one attached hydrogen (secondary N) is 1. The number of rotatable bonds is 2. The van der Waals surface area contributed by atoms with Gasteiger partial charge in [0.05, 0.1) is 23.7 Å².